The Labute approximate surface area is 86.6 Å². The van der Waals surface area contributed by atoms with E-state index in [1.54, 1.807) is 19.9 Å². The molecule has 0 aromatic carbocycles. The van der Waals surface area contributed by atoms with Crippen LogP contribution in [-0.2, 0) is 9.53 Å². The van der Waals surface area contributed by atoms with Crippen LogP contribution in [0.2, 0.25) is 0 Å². The summed E-state index contributed by atoms with van der Waals surface area (Å²) in [6, 6.07) is 3.09. The van der Waals surface area contributed by atoms with E-state index in [1.165, 1.54) is 12.3 Å². The summed E-state index contributed by atoms with van der Waals surface area (Å²) < 4.78 is 9.25. The number of furan rings is 1. The van der Waals surface area contributed by atoms with E-state index in [4.69, 9.17) is 14.9 Å². The Morgan fingerprint density at radius 1 is 1.40 bits per heavy atom. The van der Waals surface area contributed by atoms with Gasteiger partial charge in [-0.3, -0.25) is 4.79 Å². The zero-order valence-electron chi connectivity index (χ0n) is 8.43. The summed E-state index contributed by atoms with van der Waals surface area (Å²) in [5.74, 6) is -0.266. The van der Waals surface area contributed by atoms with Crippen LogP contribution >= 0.6 is 0 Å². The van der Waals surface area contributed by atoms with Crippen molar-refractivity contribution in [2.75, 3.05) is 0 Å². The van der Waals surface area contributed by atoms with Crippen molar-refractivity contribution in [3.63, 3.8) is 0 Å². The van der Waals surface area contributed by atoms with Gasteiger partial charge in [-0.05, 0) is 19.9 Å². The van der Waals surface area contributed by atoms with Crippen LogP contribution in [0.4, 0.5) is 0 Å². The second-order valence-electron chi connectivity index (χ2n) is 2.98. The van der Waals surface area contributed by atoms with Crippen LogP contribution in [0.3, 0.4) is 0 Å². The first-order valence-corrected chi connectivity index (χ1v) is 4.35. The molecule has 1 aromatic heterocycles. The number of carbonyl (C=O) groups is 1. The summed E-state index contributed by atoms with van der Waals surface area (Å²) in [5, 5.41) is 17.1. The van der Waals surface area contributed by atoms with Crippen LogP contribution in [0.1, 0.15) is 13.8 Å². The van der Waals surface area contributed by atoms with Gasteiger partial charge in [0.2, 0.25) is 11.5 Å². The Morgan fingerprint density at radius 3 is 2.20 bits per heavy atom. The van der Waals surface area contributed by atoms with Crippen LogP contribution in [0, 0.1) is 0 Å². The lowest BCUT2D eigenvalue weighted by molar-refractivity contribution is -0.122. The molecule has 0 amide bonds. The average molecular weight is 212 g/mol. The molecule has 2 heterocycles. The van der Waals surface area contributed by atoms with Crippen LogP contribution in [0.25, 0.3) is 0 Å². The first kappa shape index (κ1) is 11.2. The van der Waals surface area contributed by atoms with Crippen LogP contribution in [0.15, 0.2) is 34.3 Å². The van der Waals surface area contributed by atoms with Gasteiger partial charge >= 0.3 is 0 Å². The van der Waals surface area contributed by atoms with E-state index in [-0.39, 0.29) is 17.5 Å². The normalized spacial score (nSPS) is 19.6. The van der Waals surface area contributed by atoms with E-state index >= 15 is 0 Å². The van der Waals surface area contributed by atoms with Crippen molar-refractivity contribution in [2.24, 2.45) is 0 Å². The number of ether oxygens (including phenoxy) is 1. The fourth-order valence-electron chi connectivity index (χ4n) is 1.01. The molecule has 1 atom stereocenters. The summed E-state index contributed by atoms with van der Waals surface area (Å²) >= 11 is 0. The number of allylic oxidation sites excluding steroid dienone is 1. The summed E-state index contributed by atoms with van der Waals surface area (Å²) in [6.45, 7) is 3.17. The Kier molecular flexibility index (Phi) is 3.38. The highest BCUT2D eigenvalue weighted by molar-refractivity contribution is 5.98. The molecule has 5 nitrogen and oxygen atoms in total. The lowest BCUT2D eigenvalue weighted by Crippen LogP contribution is -2.12. The zero-order valence-corrected chi connectivity index (χ0v) is 8.43. The summed E-state index contributed by atoms with van der Waals surface area (Å²) in [7, 11) is 0. The third-order valence-corrected chi connectivity index (χ3v) is 1.80. The molecule has 1 aliphatic heterocycles. The smallest absolute Gasteiger partial charge is 0.281 e. The predicted molar refractivity (Wildman–Crippen MR) is 51.3 cm³/mol. The SMILES string of the molecule is CC1=C(O)C(=O)C(C)O1.Oc1ccco1. The van der Waals surface area contributed by atoms with E-state index in [9.17, 15) is 4.79 Å². The number of carbonyl (C=O) groups excluding carboxylic acids is 1. The van der Waals surface area contributed by atoms with Crippen LogP contribution in [0.5, 0.6) is 5.95 Å². The molecule has 15 heavy (non-hydrogen) atoms. The molecule has 0 saturated carbocycles. The fourth-order valence-corrected chi connectivity index (χ4v) is 1.01. The van der Waals surface area contributed by atoms with Gasteiger partial charge in [0.25, 0.3) is 5.95 Å². The first-order valence-electron chi connectivity index (χ1n) is 4.35. The summed E-state index contributed by atoms with van der Waals surface area (Å²) in [5.41, 5.74) is 0. The third-order valence-electron chi connectivity index (χ3n) is 1.80. The first-order chi connectivity index (χ1) is 7.02. The molecular weight excluding hydrogens is 200 g/mol. The van der Waals surface area contributed by atoms with Gasteiger partial charge < -0.3 is 19.4 Å². The minimum Gasteiger partial charge on any atom is -0.502 e. The van der Waals surface area contributed by atoms with Gasteiger partial charge in [-0.2, -0.15) is 0 Å². The molecule has 0 fully saturated rings. The Morgan fingerprint density at radius 2 is 2.07 bits per heavy atom. The summed E-state index contributed by atoms with van der Waals surface area (Å²) in [4.78, 5) is 10.7. The molecule has 0 bridgehead atoms. The van der Waals surface area contributed by atoms with Gasteiger partial charge in [-0.25, -0.2) is 0 Å². The number of Topliss-reactive ketones (excluding diaryl/α,β-unsaturated/α-hetero) is 1. The van der Waals surface area contributed by atoms with Gasteiger partial charge in [-0.15, -0.1) is 0 Å². The van der Waals surface area contributed by atoms with Crippen molar-refractivity contribution in [3.05, 3.63) is 29.9 Å². The Bertz CT molecular complexity index is 363. The summed E-state index contributed by atoms with van der Waals surface area (Å²) in [6.07, 6.45) is 0.917. The molecule has 1 aliphatic rings. The molecule has 1 unspecified atom stereocenters. The predicted octanol–water partition coefficient (Wildman–Crippen LogP) is 1.75. The maximum atomic E-state index is 10.7. The standard InChI is InChI=1S/C6H8O3.C4H4O2/c1-3-5(7)6(8)4(2)9-3;5-4-2-1-3-6-4/h3,8H,1-2H3;1-3,5H. The van der Waals surface area contributed by atoms with Gasteiger partial charge in [-0.1, -0.05) is 0 Å². The number of rotatable bonds is 0. The Balaban J connectivity index is 0.000000162. The number of aromatic hydroxyl groups is 1. The van der Waals surface area contributed by atoms with E-state index in [2.05, 4.69) is 4.42 Å². The quantitative estimate of drug-likeness (QED) is 0.684. The lowest BCUT2D eigenvalue weighted by Gasteiger charge is -1.99. The monoisotopic (exact) mass is 212 g/mol. The maximum Gasteiger partial charge on any atom is 0.281 e. The van der Waals surface area contributed by atoms with Gasteiger partial charge in [0.15, 0.2) is 6.10 Å². The minimum atomic E-state index is -0.495. The maximum absolute atomic E-state index is 10.7. The molecule has 0 spiro atoms. The highest BCUT2D eigenvalue weighted by atomic mass is 16.5. The second-order valence-corrected chi connectivity index (χ2v) is 2.98. The minimum absolute atomic E-state index is 0.0324. The molecule has 0 aliphatic carbocycles. The van der Waals surface area contributed by atoms with Crippen LogP contribution < -0.4 is 0 Å². The molecule has 2 N–H and O–H groups in total. The zero-order chi connectivity index (χ0) is 11.4. The molecule has 0 radical (unpaired) electrons. The number of hydrogen-bond acceptors (Lipinski definition) is 5. The van der Waals surface area contributed by atoms with E-state index in [1.807, 2.05) is 0 Å². The van der Waals surface area contributed by atoms with Gasteiger partial charge in [0.05, 0.1) is 6.26 Å². The van der Waals surface area contributed by atoms with E-state index < -0.39 is 6.10 Å². The van der Waals surface area contributed by atoms with Crippen molar-refractivity contribution in [1.82, 2.24) is 0 Å². The fraction of sp³-hybridized carbons (Fsp3) is 0.300. The number of hydrogen-bond donors (Lipinski definition) is 2. The van der Waals surface area contributed by atoms with Crippen molar-refractivity contribution in [2.45, 2.75) is 20.0 Å². The number of aliphatic hydroxyl groups excluding tert-OH is 1. The van der Waals surface area contributed by atoms with Crippen molar-refractivity contribution >= 4 is 5.78 Å². The third kappa shape index (κ3) is 2.77. The van der Waals surface area contributed by atoms with Gasteiger partial charge in [0.1, 0.15) is 5.76 Å². The highest BCUT2D eigenvalue weighted by Crippen LogP contribution is 2.17. The van der Waals surface area contributed by atoms with Crippen molar-refractivity contribution in [3.8, 4) is 5.95 Å². The molecule has 2 rings (SSSR count). The second kappa shape index (κ2) is 4.54. The number of ketones is 1. The molecule has 0 saturated heterocycles. The molecule has 1 aromatic rings. The Hall–Kier alpha value is -1.91. The van der Waals surface area contributed by atoms with Crippen molar-refractivity contribution in [1.29, 1.82) is 0 Å². The lowest BCUT2D eigenvalue weighted by atomic mass is 10.2. The van der Waals surface area contributed by atoms with Crippen molar-refractivity contribution < 1.29 is 24.2 Å². The average Bonchev–Trinajstić information content (AvgIpc) is 2.73. The van der Waals surface area contributed by atoms with Gasteiger partial charge in [0, 0.05) is 6.07 Å². The molecular formula is C10H12O5. The number of aliphatic hydroxyl groups is 1. The topological polar surface area (TPSA) is 79.9 Å². The highest BCUT2D eigenvalue weighted by Gasteiger charge is 2.28. The molecule has 82 valence electrons. The largest absolute Gasteiger partial charge is 0.502 e. The van der Waals surface area contributed by atoms with E-state index in [0.29, 0.717) is 5.76 Å². The van der Waals surface area contributed by atoms with Crippen LogP contribution in [-0.4, -0.2) is 22.1 Å². The molecule has 5 heteroatoms. The van der Waals surface area contributed by atoms with E-state index in [0.717, 1.165) is 0 Å².